The van der Waals surface area contributed by atoms with Gasteiger partial charge >= 0.3 is 5.97 Å². The van der Waals surface area contributed by atoms with E-state index < -0.39 is 242 Å². The molecule has 0 spiro atoms. The number of aliphatic carboxylic acids is 1. The van der Waals surface area contributed by atoms with Gasteiger partial charge in [-0.1, -0.05) is 57.8 Å². The third kappa shape index (κ3) is 18.6. The maximum absolute atomic E-state index is 12.2. The summed E-state index contributed by atoms with van der Waals surface area (Å²) >= 11 is 0. The molecule has 1 aliphatic carbocycles. The van der Waals surface area contributed by atoms with Crippen molar-refractivity contribution in [1.29, 1.82) is 0 Å². The Kier molecular flexibility index (Phi) is 30.0. The van der Waals surface area contributed by atoms with Crippen molar-refractivity contribution in [3.63, 3.8) is 0 Å². The van der Waals surface area contributed by atoms with Crippen molar-refractivity contribution in [1.82, 2.24) is 0 Å². The van der Waals surface area contributed by atoms with Crippen LogP contribution in [0.2, 0.25) is 0 Å². The lowest BCUT2D eigenvalue weighted by atomic mass is 9.88. The molecule has 12 bridgehead atoms. The van der Waals surface area contributed by atoms with E-state index in [4.69, 9.17) is 61.9 Å². The van der Waals surface area contributed by atoms with E-state index in [2.05, 4.69) is 13.8 Å². The molecular weight excluding hydrogens is 1260 g/mol. The number of aliphatic hydroxyl groups excluding tert-OH is 20. The zero-order valence-electron chi connectivity index (χ0n) is 51.2. The Morgan fingerprint density at radius 2 is 0.763 bits per heavy atom. The standard InChI is InChI=1S/C36H60O30.C22H36O5/c37-1-7-25-13(43)19(49)31(55-7)62-26-8(2-38)57-33(21(51)15(26)45)64-28-10(4-40)59-35(23(53)17(28)47)66-30-12(6-42)60-36(24(54)18(30)48)65-29-11(5-41)58-34(22(52)16(29)46)63-27-9(3-39)56-32(61-25)20(50)14(27)44;1-3-4-9-16(2)14-17(23)12-13-19-18(20(24)15-21(19)25)10-7-5-6-8-11-22(26)27/h7-54H,1-6H2;8,11-13,16-19,21,23,25H,3-7,9-10,14-15H2,1-2H3,(H,26,27)/b;11-8+,13-12+/t7-,8-,9-,10-,11-,12-,13-,14-,15-,16-,17-,18-,19-,20-,21-,22-,23-,24-,25-,26-,27-,28-,29-,30-,31-,32-,33-,34-,35-,36-;16-,17+,18+,19+,21+/m10/s1. The third-order valence-electron chi connectivity index (χ3n) is 18.1. The van der Waals surface area contributed by atoms with Crippen LogP contribution in [-0.2, 0) is 66.4 Å². The molecule has 0 unspecified atom stereocenters. The summed E-state index contributed by atoms with van der Waals surface area (Å²) in [5.41, 5.74) is 0. The molecule has 22 heterocycles. The smallest absolute Gasteiger partial charge is 0.327 e. The summed E-state index contributed by atoms with van der Waals surface area (Å²) in [4.78, 5) is 22.6. The molecule has 0 aromatic rings. The number of hydrogen-bond donors (Lipinski definition) is 21. The minimum Gasteiger partial charge on any atom is -0.478 e. The second kappa shape index (κ2) is 35.9. The van der Waals surface area contributed by atoms with Gasteiger partial charge in [-0.05, 0) is 31.6 Å². The number of rotatable bonds is 19. The highest BCUT2D eigenvalue weighted by Crippen LogP contribution is 2.39. The molecular formula is C58H96O35. The van der Waals surface area contributed by atoms with Crippen molar-refractivity contribution in [3.05, 3.63) is 24.3 Å². The lowest BCUT2D eigenvalue weighted by Gasteiger charge is -2.50. The van der Waals surface area contributed by atoms with E-state index in [9.17, 15) is 112 Å². The summed E-state index contributed by atoms with van der Waals surface area (Å²) < 4.78 is 67.9. The molecule has 21 N–H and O–H groups in total. The first-order valence-electron chi connectivity index (χ1n) is 31.4. The van der Waals surface area contributed by atoms with Gasteiger partial charge in [0.05, 0.1) is 51.8 Å². The number of ether oxygens (including phenoxy) is 12. The van der Waals surface area contributed by atoms with Crippen LogP contribution in [0.25, 0.3) is 0 Å². The number of carbonyl (C=O) groups excluding carboxylic acids is 1. The molecule has 0 radical (unpaired) electrons. The molecule has 35 nitrogen and oxygen atoms in total. The molecule has 1 saturated carbocycles. The molecule has 22 saturated heterocycles. The first kappa shape index (κ1) is 77.7. The van der Waals surface area contributed by atoms with Crippen molar-refractivity contribution in [2.75, 3.05) is 39.6 Å². The van der Waals surface area contributed by atoms with Crippen molar-refractivity contribution in [2.24, 2.45) is 17.8 Å². The van der Waals surface area contributed by atoms with Crippen LogP contribution in [0.4, 0.5) is 0 Å². The van der Waals surface area contributed by atoms with E-state index >= 15 is 0 Å². The van der Waals surface area contributed by atoms with E-state index in [1.54, 1.807) is 12.2 Å². The molecule has 93 heavy (non-hydrogen) atoms. The van der Waals surface area contributed by atoms with Crippen molar-refractivity contribution >= 4 is 11.8 Å². The zero-order chi connectivity index (χ0) is 68.3. The summed E-state index contributed by atoms with van der Waals surface area (Å²) in [5.74, 6) is -0.840. The second-order valence-corrected chi connectivity index (χ2v) is 24.7. The molecule has 35 heteroatoms. The monoisotopic (exact) mass is 1350 g/mol. The Morgan fingerprint density at radius 1 is 0.462 bits per heavy atom. The predicted octanol–water partition coefficient (Wildman–Crippen LogP) is -9.17. The van der Waals surface area contributed by atoms with Crippen LogP contribution in [0.15, 0.2) is 24.3 Å². The number of carboxylic acids is 1. The lowest BCUT2D eigenvalue weighted by Crippen LogP contribution is -2.69. The Labute approximate surface area is 533 Å². The van der Waals surface area contributed by atoms with Gasteiger partial charge in [-0.25, -0.2) is 4.79 Å². The SMILES string of the molecule is CCCC[C@H](C)C[C@H](O)/C=C/[C@H]1[C@H](O)CC(=O)[C@@H]1CCCC/C=C/C(=O)O.OC[C@H]1O[C@@H]2O[C@H]3[C@H](O)[C@@H](O)[C@@H](O[C@H]4[C@H](O)[C@@H](O)[C@@H](O[C@H]5[C@H](O)[C@@H](O)[C@@H](O[C@H]6[C@H](O)[C@@H](O)[C@@H](O[C@H]7[C@H](O)[C@@H](O)[C@@H](O[C@H]1[C@H](O)[C@H]2O)O[C@@H]7CO)O[C@@H]6CO)O[C@@H]5CO)O[C@@H]4CO)O[C@@H]3CO. The molecule has 538 valence electrons. The average Bonchev–Trinajstić information content (AvgIpc) is 1.45. The number of allylic oxidation sites excluding steroid dienone is 1. The maximum atomic E-state index is 12.2. The molecule has 23 fully saturated rings. The number of carbonyl (C=O) groups is 2. The van der Waals surface area contributed by atoms with Gasteiger partial charge in [0.15, 0.2) is 37.7 Å². The Bertz CT molecular complexity index is 2020. The third-order valence-corrected chi connectivity index (χ3v) is 18.1. The average molecular weight is 1350 g/mol. The van der Waals surface area contributed by atoms with E-state index in [0.29, 0.717) is 25.2 Å². The van der Waals surface area contributed by atoms with Gasteiger partial charge in [-0.2, -0.15) is 0 Å². The van der Waals surface area contributed by atoms with Gasteiger partial charge in [0.2, 0.25) is 0 Å². The molecule has 35 atom stereocenters. The quantitative estimate of drug-likeness (QED) is 0.0324. The van der Waals surface area contributed by atoms with Crippen LogP contribution in [0.3, 0.4) is 0 Å². The van der Waals surface area contributed by atoms with Crippen molar-refractivity contribution in [2.45, 2.75) is 268 Å². The highest BCUT2D eigenvalue weighted by atomic mass is 16.8. The van der Waals surface area contributed by atoms with Gasteiger partial charge < -0.3 is 164 Å². The summed E-state index contributed by atoms with van der Waals surface area (Å²) in [7, 11) is 0. The fourth-order valence-electron chi connectivity index (χ4n) is 12.7. The Hall–Kier alpha value is -2.66. The number of aliphatic hydroxyl groups is 20. The van der Waals surface area contributed by atoms with E-state index in [-0.39, 0.29) is 24.0 Å². The van der Waals surface area contributed by atoms with Crippen molar-refractivity contribution in [3.8, 4) is 0 Å². The Balaban J connectivity index is 0.000000381. The first-order chi connectivity index (χ1) is 44.3. The van der Waals surface area contributed by atoms with Gasteiger partial charge in [0, 0.05) is 24.3 Å². The van der Waals surface area contributed by atoms with Crippen LogP contribution in [0.1, 0.15) is 71.6 Å². The van der Waals surface area contributed by atoms with Crippen LogP contribution < -0.4 is 0 Å². The molecule has 23 rings (SSSR count). The Morgan fingerprint density at radius 3 is 1.03 bits per heavy atom. The normalized spacial score (nSPS) is 46.7. The largest absolute Gasteiger partial charge is 0.478 e. The van der Waals surface area contributed by atoms with Gasteiger partial charge in [0.1, 0.15) is 152 Å². The predicted molar refractivity (Wildman–Crippen MR) is 302 cm³/mol. The fourth-order valence-corrected chi connectivity index (χ4v) is 12.7. The summed E-state index contributed by atoms with van der Waals surface area (Å²) in [6.45, 7) is -1.70. The molecule has 0 aromatic heterocycles. The molecule has 0 amide bonds. The topological polar surface area (TPSA) is 570 Å². The minimum atomic E-state index is -2.15. The maximum Gasteiger partial charge on any atom is 0.327 e. The second-order valence-electron chi connectivity index (χ2n) is 24.7. The van der Waals surface area contributed by atoms with E-state index in [1.807, 2.05) is 6.08 Å². The van der Waals surface area contributed by atoms with E-state index in [0.717, 1.165) is 38.2 Å². The van der Waals surface area contributed by atoms with Crippen LogP contribution in [0.5, 0.6) is 0 Å². The van der Waals surface area contributed by atoms with E-state index in [1.165, 1.54) is 0 Å². The first-order valence-corrected chi connectivity index (χ1v) is 31.4. The molecule has 0 aromatic carbocycles. The van der Waals surface area contributed by atoms with Crippen LogP contribution >= 0.6 is 0 Å². The summed E-state index contributed by atoms with van der Waals surface area (Å²) in [6.07, 6.45) is -46.0. The minimum absolute atomic E-state index is 0.0871. The van der Waals surface area contributed by atoms with Crippen molar-refractivity contribution < 1.29 is 174 Å². The number of Topliss-reactive ketones (excluding diaryl/α,β-unsaturated/α-hetero) is 1. The molecule has 22 aliphatic heterocycles. The summed E-state index contributed by atoms with van der Waals surface area (Å²) in [6, 6.07) is 0. The fraction of sp³-hybridized carbons (Fsp3) is 0.897. The van der Waals surface area contributed by atoms with Crippen LogP contribution in [-0.4, -0.2) is 355 Å². The number of unbranched alkanes of at least 4 members (excludes halogenated alkanes) is 3. The number of hydrogen-bond acceptors (Lipinski definition) is 34. The van der Waals surface area contributed by atoms with Gasteiger partial charge in [-0.3, -0.25) is 4.79 Å². The van der Waals surface area contributed by atoms with Gasteiger partial charge in [0.25, 0.3) is 0 Å². The van der Waals surface area contributed by atoms with Gasteiger partial charge in [-0.15, -0.1) is 0 Å². The highest BCUT2D eigenvalue weighted by molar-refractivity contribution is 5.84. The molecule has 23 aliphatic rings. The highest BCUT2D eigenvalue weighted by Gasteiger charge is 2.59. The zero-order valence-corrected chi connectivity index (χ0v) is 51.2. The lowest BCUT2D eigenvalue weighted by molar-refractivity contribution is -0.404. The number of ketones is 1. The number of carboxylic acid groups (broad SMARTS) is 1. The van der Waals surface area contributed by atoms with Crippen LogP contribution in [0, 0.1) is 17.8 Å². The summed E-state index contributed by atoms with van der Waals surface area (Å²) in [5, 5.41) is 225.